The third-order valence-electron chi connectivity index (χ3n) is 4.74. The topological polar surface area (TPSA) is 125 Å². The van der Waals surface area contributed by atoms with E-state index in [2.05, 4.69) is 9.82 Å². The standard InChI is InChI=1S/C21H23N3O6S/c1-30-17-9-5-15(6-10-17)19-13-18(22-24(19)20(25)11-12-21(26)27)14-3-7-16(8-4-14)23-31(2,28)29/h3-10,19,23H,11-13H2,1-2H3,(H,26,27)/t19-/m0/s1. The molecule has 1 aliphatic heterocycles. The van der Waals surface area contributed by atoms with Crippen LogP contribution in [0.1, 0.15) is 36.4 Å². The molecule has 0 aliphatic carbocycles. The molecule has 2 N–H and O–H groups in total. The number of hydrazone groups is 1. The van der Waals surface area contributed by atoms with Crippen molar-refractivity contribution in [2.24, 2.45) is 5.10 Å². The van der Waals surface area contributed by atoms with E-state index in [9.17, 15) is 18.0 Å². The molecule has 0 bridgehead atoms. The minimum atomic E-state index is -3.38. The molecule has 0 spiro atoms. The summed E-state index contributed by atoms with van der Waals surface area (Å²) in [4.78, 5) is 23.6. The number of benzene rings is 2. The van der Waals surface area contributed by atoms with Gasteiger partial charge in [-0.05, 0) is 35.4 Å². The second-order valence-electron chi connectivity index (χ2n) is 7.12. The molecule has 0 unspecified atom stereocenters. The normalized spacial score (nSPS) is 16.0. The summed E-state index contributed by atoms with van der Waals surface area (Å²) in [5.41, 5.74) is 2.66. The molecule has 0 fully saturated rings. The van der Waals surface area contributed by atoms with Crippen LogP contribution >= 0.6 is 0 Å². The zero-order valence-electron chi connectivity index (χ0n) is 17.1. The van der Waals surface area contributed by atoms with E-state index in [0.29, 0.717) is 23.6 Å². The number of carbonyl (C=O) groups is 2. The van der Waals surface area contributed by atoms with E-state index in [4.69, 9.17) is 9.84 Å². The number of hydrogen-bond donors (Lipinski definition) is 2. The summed E-state index contributed by atoms with van der Waals surface area (Å²) in [7, 11) is -1.82. The summed E-state index contributed by atoms with van der Waals surface area (Å²) >= 11 is 0. The third-order valence-corrected chi connectivity index (χ3v) is 5.35. The van der Waals surface area contributed by atoms with Crippen LogP contribution in [0.25, 0.3) is 0 Å². The van der Waals surface area contributed by atoms with Crippen LogP contribution in [0.4, 0.5) is 5.69 Å². The average Bonchev–Trinajstić information content (AvgIpc) is 3.17. The Morgan fingerprint density at radius 1 is 1.13 bits per heavy atom. The molecular weight excluding hydrogens is 422 g/mol. The van der Waals surface area contributed by atoms with Gasteiger partial charge in [0.05, 0.1) is 31.5 Å². The summed E-state index contributed by atoms with van der Waals surface area (Å²) in [5.74, 6) is -0.749. The number of rotatable bonds is 8. The van der Waals surface area contributed by atoms with Crippen molar-refractivity contribution < 1.29 is 27.9 Å². The van der Waals surface area contributed by atoms with Crippen molar-refractivity contribution in [1.82, 2.24) is 5.01 Å². The SMILES string of the molecule is COc1ccc([C@@H]2CC(c3ccc(NS(C)(=O)=O)cc3)=NN2C(=O)CCC(=O)O)cc1. The lowest BCUT2D eigenvalue weighted by Gasteiger charge is -2.22. The monoisotopic (exact) mass is 445 g/mol. The number of sulfonamides is 1. The van der Waals surface area contributed by atoms with Crippen LogP contribution < -0.4 is 9.46 Å². The first-order valence-corrected chi connectivity index (χ1v) is 11.4. The summed E-state index contributed by atoms with van der Waals surface area (Å²) in [5, 5.41) is 14.7. The Labute approximate surface area is 180 Å². The number of methoxy groups -OCH3 is 1. The maximum atomic E-state index is 12.7. The van der Waals surface area contributed by atoms with Gasteiger partial charge in [-0.15, -0.1) is 0 Å². The first-order chi connectivity index (χ1) is 14.7. The van der Waals surface area contributed by atoms with E-state index in [1.54, 1.807) is 43.5 Å². The van der Waals surface area contributed by atoms with E-state index in [1.807, 2.05) is 12.1 Å². The van der Waals surface area contributed by atoms with Crippen molar-refractivity contribution in [1.29, 1.82) is 0 Å². The molecule has 3 rings (SSSR count). The van der Waals surface area contributed by atoms with Crippen molar-refractivity contribution >= 4 is 33.3 Å². The van der Waals surface area contributed by atoms with Gasteiger partial charge in [-0.3, -0.25) is 14.3 Å². The Hall–Kier alpha value is -3.40. The predicted octanol–water partition coefficient (Wildman–Crippen LogP) is 2.61. The molecule has 10 heteroatoms. The quantitative estimate of drug-likeness (QED) is 0.643. The fourth-order valence-electron chi connectivity index (χ4n) is 3.27. The Kier molecular flexibility index (Phi) is 6.59. The van der Waals surface area contributed by atoms with Gasteiger partial charge in [0.25, 0.3) is 0 Å². The number of carboxylic acids is 1. The second kappa shape index (κ2) is 9.17. The van der Waals surface area contributed by atoms with Crippen molar-refractivity contribution in [3.8, 4) is 5.75 Å². The number of carboxylic acid groups (broad SMARTS) is 1. The number of anilines is 1. The maximum absolute atomic E-state index is 12.7. The van der Waals surface area contributed by atoms with Gasteiger partial charge in [0.1, 0.15) is 5.75 Å². The van der Waals surface area contributed by atoms with E-state index in [1.165, 1.54) is 5.01 Å². The van der Waals surface area contributed by atoms with E-state index in [-0.39, 0.29) is 24.8 Å². The predicted molar refractivity (Wildman–Crippen MR) is 116 cm³/mol. The largest absolute Gasteiger partial charge is 0.497 e. The Bertz CT molecular complexity index is 1090. The number of nitrogens with one attached hydrogen (secondary N) is 1. The first kappa shape index (κ1) is 22.3. The molecule has 31 heavy (non-hydrogen) atoms. The molecule has 0 radical (unpaired) electrons. The van der Waals surface area contributed by atoms with Crippen molar-refractivity contribution in [2.75, 3.05) is 18.1 Å². The van der Waals surface area contributed by atoms with Gasteiger partial charge >= 0.3 is 5.97 Å². The maximum Gasteiger partial charge on any atom is 0.303 e. The van der Waals surface area contributed by atoms with Gasteiger partial charge in [0, 0.05) is 18.5 Å². The lowest BCUT2D eigenvalue weighted by molar-refractivity contribution is -0.141. The third kappa shape index (κ3) is 5.82. The molecule has 0 saturated carbocycles. The number of carbonyl (C=O) groups excluding carboxylic acids is 1. The molecule has 0 saturated heterocycles. The van der Waals surface area contributed by atoms with Crippen LogP contribution in [0.3, 0.4) is 0 Å². The van der Waals surface area contributed by atoms with E-state index in [0.717, 1.165) is 17.4 Å². The van der Waals surface area contributed by atoms with Gasteiger partial charge in [-0.1, -0.05) is 24.3 Å². The van der Waals surface area contributed by atoms with Gasteiger partial charge in [-0.25, -0.2) is 13.4 Å². The Morgan fingerprint density at radius 2 is 1.77 bits per heavy atom. The first-order valence-electron chi connectivity index (χ1n) is 9.50. The van der Waals surface area contributed by atoms with E-state index < -0.39 is 16.0 Å². The van der Waals surface area contributed by atoms with Gasteiger partial charge in [0.15, 0.2) is 0 Å². The lowest BCUT2D eigenvalue weighted by atomic mass is 9.98. The van der Waals surface area contributed by atoms with Crippen LogP contribution in [0.5, 0.6) is 5.75 Å². The van der Waals surface area contributed by atoms with Crippen molar-refractivity contribution in [3.05, 3.63) is 59.7 Å². The summed E-state index contributed by atoms with van der Waals surface area (Å²) < 4.78 is 30.4. The molecule has 1 aliphatic rings. The smallest absolute Gasteiger partial charge is 0.303 e. The highest BCUT2D eigenvalue weighted by molar-refractivity contribution is 7.92. The van der Waals surface area contributed by atoms with Gasteiger partial charge < -0.3 is 9.84 Å². The number of hydrogen-bond acceptors (Lipinski definition) is 6. The number of nitrogens with zero attached hydrogens (tertiary/aromatic N) is 2. The van der Waals surface area contributed by atoms with Crippen molar-refractivity contribution in [2.45, 2.75) is 25.3 Å². The highest BCUT2D eigenvalue weighted by Gasteiger charge is 2.33. The molecule has 2 aromatic carbocycles. The Balaban J connectivity index is 1.87. The minimum absolute atomic E-state index is 0.157. The highest BCUT2D eigenvalue weighted by atomic mass is 32.2. The van der Waals surface area contributed by atoms with Crippen molar-refractivity contribution in [3.63, 3.8) is 0 Å². The molecule has 164 valence electrons. The lowest BCUT2D eigenvalue weighted by Crippen LogP contribution is -2.27. The summed E-state index contributed by atoms with van der Waals surface area (Å²) in [6.07, 6.45) is 1.07. The van der Waals surface area contributed by atoms with E-state index >= 15 is 0 Å². The fraction of sp³-hybridized carbons (Fsp3) is 0.286. The molecule has 2 aromatic rings. The van der Waals surface area contributed by atoms with Crippen LogP contribution in [0.15, 0.2) is 53.6 Å². The summed E-state index contributed by atoms with van der Waals surface area (Å²) in [6, 6.07) is 13.6. The van der Waals surface area contributed by atoms with Crippen LogP contribution in [-0.4, -0.2) is 49.5 Å². The zero-order valence-corrected chi connectivity index (χ0v) is 17.9. The molecule has 1 atom stereocenters. The molecule has 1 heterocycles. The minimum Gasteiger partial charge on any atom is -0.497 e. The summed E-state index contributed by atoms with van der Waals surface area (Å²) in [6.45, 7) is 0. The van der Waals surface area contributed by atoms with Crippen LogP contribution in [-0.2, 0) is 19.6 Å². The van der Waals surface area contributed by atoms with Crippen LogP contribution in [0.2, 0.25) is 0 Å². The second-order valence-corrected chi connectivity index (χ2v) is 8.87. The number of aliphatic carboxylic acids is 1. The molecule has 1 amide bonds. The van der Waals surface area contributed by atoms with Crippen LogP contribution in [0, 0.1) is 0 Å². The Morgan fingerprint density at radius 3 is 2.32 bits per heavy atom. The number of amides is 1. The van der Waals surface area contributed by atoms with Gasteiger partial charge in [-0.2, -0.15) is 5.10 Å². The zero-order chi connectivity index (χ0) is 22.6. The fourth-order valence-corrected chi connectivity index (χ4v) is 3.84. The van der Waals surface area contributed by atoms with Gasteiger partial charge in [0.2, 0.25) is 15.9 Å². The highest BCUT2D eigenvalue weighted by Crippen LogP contribution is 2.34. The molecule has 0 aromatic heterocycles. The molecule has 9 nitrogen and oxygen atoms in total. The average molecular weight is 445 g/mol. The number of ether oxygens (including phenoxy) is 1. The molecular formula is C21H23N3O6S.